The Morgan fingerprint density at radius 3 is 2.79 bits per heavy atom. The van der Waals surface area contributed by atoms with Crippen LogP contribution < -0.4 is 0 Å². The molecule has 0 saturated heterocycles. The molecule has 2 heterocycles. The molecule has 5 nitrogen and oxygen atoms in total. The third-order valence-electron chi connectivity index (χ3n) is 4.52. The number of aryl methyl sites for hydroxylation is 2. The molecule has 2 aromatic heterocycles. The van der Waals surface area contributed by atoms with Gasteiger partial charge in [-0.3, -0.25) is 4.79 Å². The van der Waals surface area contributed by atoms with Crippen LogP contribution in [0.5, 0.6) is 0 Å². The van der Waals surface area contributed by atoms with Crippen LogP contribution in [0.4, 0.5) is 0 Å². The van der Waals surface area contributed by atoms with Gasteiger partial charge in [-0.1, -0.05) is 24.6 Å². The highest BCUT2D eigenvalue weighted by molar-refractivity contribution is 5.99. The van der Waals surface area contributed by atoms with Crippen LogP contribution in [0.1, 0.15) is 53.7 Å². The Labute approximate surface area is 141 Å². The van der Waals surface area contributed by atoms with Gasteiger partial charge >= 0.3 is 0 Å². The van der Waals surface area contributed by atoms with Crippen LogP contribution in [0.25, 0.3) is 11.0 Å². The van der Waals surface area contributed by atoms with Gasteiger partial charge in [-0.15, -0.1) is 0 Å². The molecule has 3 aromatic rings. The minimum absolute atomic E-state index is 0.156. The van der Waals surface area contributed by atoms with E-state index < -0.39 is 0 Å². The van der Waals surface area contributed by atoms with E-state index in [1.54, 1.807) is 18.0 Å². The number of fused-ring (bicyclic) bond motifs is 1. The molecular weight excluding hydrogens is 304 g/mol. The van der Waals surface area contributed by atoms with Gasteiger partial charge in [0.1, 0.15) is 17.5 Å². The third-order valence-corrected chi connectivity index (χ3v) is 4.52. The van der Waals surface area contributed by atoms with E-state index in [0.29, 0.717) is 11.5 Å². The molecule has 0 aliphatic heterocycles. The van der Waals surface area contributed by atoms with E-state index in [4.69, 9.17) is 8.94 Å². The van der Waals surface area contributed by atoms with Crippen molar-refractivity contribution in [1.82, 2.24) is 10.1 Å². The first kappa shape index (κ1) is 16.3. The zero-order valence-corrected chi connectivity index (χ0v) is 14.5. The number of rotatable bonds is 5. The van der Waals surface area contributed by atoms with Crippen LogP contribution in [0.2, 0.25) is 0 Å². The molecule has 0 aliphatic carbocycles. The van der Waals surface area contributed by atoms with Crippen molar-refractivity contribution < 1.29 is 13.7 Å². The number of carbonyl (C=O) groups excluding carboxylic acids is 1. The van der Waals surface area contributed by atoms with Crippen molar-refractivity contribution in [3.63, 3.8) is 0 Å². The minimum Gasteiger partial charge on any atom is -0.451 e. The number of carbonyl (C=O) groups is 1. The highest BCUT2D eigenvalue weighted by Gasteiger charge is 2.26. The monoisotopic (exact) mass is 326 g/mol. The van der Waals surface area contributed by atoms with Crippen molar-refractivity contribution in [3.05, 3.63) is 53.1 Å². The summed E-state index contributed by atoms with van der Waals surface area (Å²) in [7, 11) is 1.75. The minimum atomic E-state index is -0.195. The van der Waals surface area contributed by atoms with Crippen LogP contribution in [0, 0.1) is 6.92 Å². The Morgan fingerprint density at radius 2 is 2.12 bits per heavy atom. The van der Waals surface area contributed by atoms with E-state index in [1.165, 1.54) is 11.8 Å². The smallest absolute Gasteiger partial charge is 0.290 e. The molecule has 5 heteroatoms. The van der Waals surface area contributed by atoms with Gasteiger partial charge in [0.25, 0.3) is 5.91 Å². The third kappa shape index (κ3) is 2.82. The normalized spacial score (nSPS) is 12.5. The summed E-state index contributed by atoms with van der Waals surface area (Å²) in [6, 6.07) is 7.70. The van der Waals surface area contributed by atoms with Gasteiger partial charge < -0.3 is 13.8 Å². The van der Waals surface area contributed by atoms with E-state index in [-0.39, 0.29) is 11.9 Å². The van der Waals surface area contributed by atoms with Gasteiger partial charge in [0.15, 0.2) is 5.76 Å². The fourth-order valence-corrected chi connectivity index (χ4v) is 2.89. The number of aromatic nitrogens is 1. The van der Waals surface area contributed by atoms with Crippen molar-refractivity contribution in [2.24, 2.45) is 0 Å². The quantitative estimate of drug-likeness (QED) is 0.692. The topological polar surface area (TPSA) is 59.5 Å². The standard InChI is InChI=1S/C19H22N2O3/c1-5-6-14-7-8-17-15(11-14)12(2)18(24-17)19(22)21(4)13(3)16-9-10-23-20-16/h7-11,13H,5-6H2,1-4H3/t13-/m1/s1. The Hall–Kier alpha value is -2.56. The van der Waals surface area contributed by atoms with Gasteiger partial charge in [-0.2, -0.15) is 0 Å². The summed E-state index contributed by atoms with van der Waals surface area (Å²) in [5.74, 6) is 0.229. The lowest BCUT2D eigenvalue weighted by Gasteiger charge is -2.22. The maximum atomic E-state index is 12.9. The molecule has 126 valence electrons. The first-order chi connectivity index (χ1) is 11.5. The summed E-state index contributed by atoms with van der Waals surface area (Å²) in [5, 5.41) is 4.92. The molecule has 0 fully saturated rings. The molecular formula is C19H22N2O3. The second-order valence-electron chi connectivity index (χ2n) is 6.15. The Kier molecular flexibility index (Phi) is 4.42. The summed E-state index contributed by atoms with van der Waals surface area (Å²) in [6.45, 7) is 6.00. The van der Waals surface area contributed by atoms with Crippen LogP contribution in [-0.4, -0.2) is 23.0 Å². The summed E-state index contributed by atoms with van der Waals surface area (Å²) in [5.41, 5.74) is 3.60. The van der Waals surface area contributed by atoms with Gasteiger partial charge in [0.2, 0.25) is 0 Å². The predicted octanol–water partition coefficient (Wildman–Crippen LogP) is 4.51. The SMILES string of the molecule is CCCc1ccc2oc(C(=O)N(C)[C@H](C)c3ccon3)c(C)c2c1. The van der Waals surface area contributed by atoms with Gasteiger partial charge in [-0.25, -0.2) is 0 Å². The summed E-state index contributed by atoms with van der Waals surface area (Å²) >= 11 is 0. The number of hydrogen-bond donors (Lipinski definition) is 0. The maximum absolute atomic E-state index is 12.9. The largest absolute Gasteiger partial charge is 0.451 e. The molecule has 0 unspecified atom stereocenters. The number of amides is 1. The highest BCUT2D eigenvalue weighted by Crippen LogP contribution is 2.29. The van der Waals surface area contributed by atoms with Gasteiger partial charge in [0.05, 0.1) is 6.04 Å². The first-order valence-corrected chi connectivity index (χ1v) is 8.22. The second kappa shape index (κ2) is 6.51. The number of nitrogens with zero attached hydrogens (tertiary/aromatic N) is 2. The molecule has 0 bridgehead atoms. The molecule has 0 aliphatic rings. The van der Waals surface area contributed by atoms with Crippen LogP contribution >= 0.6 is 0 Å². The van der Waals surface area contributed by atoms with E-state index in [0.717, 1.165) is 29.4 Å². The molecule has 0 saturated carbocycles. The lowest BCUT2D eigenvalue weighted by molar-refractivity contribution is 0.0707. The average Bonchev–Trinajstić information content (AvgIpc) is 3.22. The maximum Gasteiger partial charge on any atom is 0.290 e. The second-order valence-corrected chi connectivity index (χ2v) is 6.15. The average molecular weight is 326 g/mol. The molecule has 3 rings (SSSR count). The predicted molar refractivity (Wildman–Crippen MR) is 92.0 cm³/mol. The van der Waals surface area contributed by atoms with Crippen molar-refractivity contribution in [2.75, 3.05) is 7.05 Å². The lowest BCUT2D eigenvalue weighted by atomic mass is 10.1. The Bertz CT molecular complexity index is 849. The van der Waals surface area contributed by atoms with Crippen molar-refractivity contribution in [2.45, 2.75) is 39.7 Å². The number of benzene rings is 1. The Morgan fingerprint density at radius 1 is 1.33 bits per heavy atom. The molecule has 1 amide bonds. The van der Waals surface area contributed by atoms with Crippen LogP contribution in [-0.2, 0) is 6.42 Å². The Balaban J connectivity index is 1.93. The molecule has 1 aromatic carbocycles. The number of hydrogen-bond acceptors (Lipinski definition) is 4. The fraction of sp³-hybridized carbons (Fsp3) is 0.368. The summed E-state index contributed by atoms with van der Waals surface area (Å²) < 4.78 is 10.7. The molecule has 1 atom stereocenters. The molecule has 0 radical (unpaired) electrons. The zero-order valence-electron chi connectivity index (χ0n) is 14.5. The van der Waals surface area contributed by atoms with E-state index >= 15 is 0 Å². The lowest BCUT2D eigenvalue weighted by Crippen LogP contribution is -2.30. The van der Waals surface area contributed by atoms with Crippen molar-refractivity contribution in [1.29, 1.82) is 0 Å². The van der Waals surface area contributed by atoms with E-state index in [1.807, 2.05) is 19.9 Å². The molecule has 0 spiro atoms. The number of furan rings is 1. The highest BCUT2D eigenvalue weighted by atomic mass is 16.5. The van der Waals surface area contributed by atoms with Crippen LogP contribution in [0.15, 0.2) is 39.5 Å². The van der Waals surface area contributed by atoms with Crippen molar-refractivity contribution >= 4 is 16.9 Å². The summed E-state index contributed by atoms with van der Waals surface area (Å²) in [4.78, 5) is 14.5. The van der Waals surface area contributed by atoms with E-state index in [2.05, 4.69) is 24.2 Å². The molecule has 24 heavy (non-hydrogen) atoms. The zero-order chi connectivity index (χ0) is 17.3. The fourth-order valence-electron chi connectivity index (χ4n) is 2.89. The summed E-state index contributed by atoms with van der Waals surface area (Å²) in [6.07, 6.45) is 3.62. The van der Waals surface area contributed by atoms with Crippen molar-refractivity contribution in [3.8, 4) is 0 Å². The molecule has 0 N–H and O–H groups in total. The van der Waals surface area contributed by atoms with Crippen LogP contribution in [0.3, 0.4) is 0 Å². The van der Waals surface area contributed by atoms with Gasteiger partial charge in [-0.05, 0) is 38.0 Å². The van der Waals surface area contributed by atoms with E-state index in [9.17, 15) is 4.79 Å². The first-order valence-electron chi connectivity index (χ1n) is 8.22. The van der Waals surface area contributed by atoms with Gasteiger partial charge in [0, 0.05) is 24.1 Å².